The van der Waals surface area contributed by atoms with Crippen LogP contribution in [0.4, 0.5) is 5.69 Å². The molecule has 0 bridgehead atoms. The Morgan fingerprint density at radius 3 is 2.07 bits per heavy atom. The first kappa shape index (κ1) is 34.1. The van der Waals surface area contributed by atoms with Crippen LogP contribution in [0.3, 0.4) is 0 Å². The number of halogens is 2. The van der Waals surface area contributed by atoms with Gasteiger partial charge < -0.3 is 14.8 Å². The lowest BCUT2D eigenvalue weighted by Crippen LogP contribution is -2.50. The number of carbonyl (C=O) groups excluding carboxylic acids is 3. The lowest BCUT2D eigenvalue weighted by atomic mass is 10.00. The van der Waals surface area contributed by atoms with Gasteiger partial charge in [0, 0.05) is 16.3 Å². The molecule has 0 heterocycles. The Morgan fingerprint density at radius 1 is 0.791 bits per heavy atom. The average Bonchev–Trinajstić information content (AvgIpc) is 3.01. The summed E-state index contributed by atoms with van der Waals surface area (Å²) in [4.78, 5) is 39.9. The minimum atomic E-state index is -2.44. The number of unbranched alkanes of at least 4 members (excludes halogenated alkanes) is 9. The summed E-state index contributed by atoms with van der Waals surface area (Å²) >= 11 is 12.7. The largest absolute Gasteiger partial charge is 0.462 e. The second-order valence-corrected chi connectivity index (χ2v) is 11.6. The topological polar surface area (TPSA) is 81.7 Å². The van der Waals surface area contributed by atoms with Crippen molar-refractivity contribution < 1.29 is 23.9 Å². The third-order valence-corrected chi connectivity index (χ3v) is 7.81. The fourth-order valence-corrected chi connectivity index (χ4v) is 5.00. The van der Waals surface area contributed by atoms with Crippen LogP contribution >= 0.6 is 23.2 Å². The molecule has 0 saturated carbocycles. The maximum Gasteiger partial charge on any atom is 0.338 e. The zero-order valence-corrected chi connectivity index (χ0v) is 26.5. The number of rotatable bonds is 18. The van der Waals surface area contributed by atoms with Crippen molar-refractivity contribution in [3.8, 4) is 5.75 Å². The van der Waals surface area contributed by atoms with E-state index in [2.05, 4.69) is 12.2 Å². The van der Waals surface area contributed by atoms with E-state index in [1.165, 1.54) is 63.1 Å². The first-order chi connectivity index (χ1) is 20.7. The highest BCUT2D eigenvalue weighted by molar-refractivity contribution is 6.49. The smallest absolute Gasteiger partial charge is 0.338 e. The molecule has 0 aliphatic heterocycles. The van der Waals surface area contributed by atoms with Gasteiger partial charge in [-0.2, -0.15) is 0 Å². The highest BCUT2D eigenvalue weighted by atomic mass is 35.5. The molecule has 1 unspecified atom stereocenters. The van der Waals surface area contributed by atoms with Crippen molar-refractivity contribution in [2.75, 3.05) is 11.9 Å². The molecule has 43 heavy (non-hydrogen) atoms. The van der Waals surface area contributed by atoms with Crippen LogP contribution in [0.2, 0.25) is 5.02 Å². The van der Waals surface area contributed by atoms with Gasteiger partial charge >= 0.3 is 11.0 Å². The van der Waals surface area contributed by atoms with Crippen molar-refractivity contribution in [2.24, 2.45) is 0 Å². The Bertz CT molecular complexity index is 1340. The van der Waals surface area contributed by atoms with Gasteiger partial charge in [-0.05, 0) is 61.4 Å². The Morgan fingerprint density at radius 2 is 1.42 bits per heavy atom. The van der Waals surface area contributed by atoms with Crippen LogP contribution in [0.1, 0.15) is 97.4 Å². The third kappa shape index (κ3) is 10.7. The normalized spacial score (nSPS) is 12.3. The van der Waals surface area contributed by atoms with Crippen LogP contribution in [-0.2, 0) is 9.53 Å². The number of amides is 1. The molecule has 8 heteroatoms. The van der Waals surface area contributed by atoms with Gasteiger partial charge in [0.05, 0.1) is 12.2 Å². The molecule has 6 nitrogen and oxygen atoms in total. The molecule has 0 fully saturated rings. The number of hydrogen-bond acceptors (Lipinski definition) is 5. The van der Waals surface area contributed by atoms with E-state index in [1.807, 2.05) is 0 Å². The Hall–Kier alpha value is -3.35. The van der Waals surface area contributed by atoms with Crippen LogP contribution in [0.25, 0.3) is 0 Å². The SMILES string of the molecule is CCCCCCCCCCCCOC(=O)c1cccc(NC(=O)C(Cl)(Oc2ccc(Cl)cc2)C(=O)c2ccccc2C)c1. The van der Waals surface area contributed by atoms with Gasteiger partial charge in [0.15, 0.2) is 0 Å². The highest BCUT2D eigenvalue weighted by Gasteiger charge is 2.48. The molecule has 3 rings (SSSR count). The number of carbonyl (C=O) groups is 3. The third-order valence-electron chi connectivity index (χ3n) is 7.13. The summed E-state index contributed by atoms with van der Waals surface area (Å²) in [5.74, 6) is -1.95. The average molecular weight is 627 g/mol. The number of ketones is 1. The summed E-state index contributed by atoms with van der Waals surface area (Å²) in [6.07, 6.45) is 11.9. The van der Waals surface area contributed by atoms with E-state index in [-0.39, 0.29) is 22.6 Å². The first-order valence-corrected chi connectivity index (χ1v) is 15.8. The predicted molar refractivity (Wildman–Crippen MR) is 173 cm³/mol. The van der Waals surface area contributed by atoms with Crippen molar-refractivity contribution in [1.29, 1.82) is 0 Å². The molecule has 1 atom stereocenters. The standard InChI is InChI=1S/C35H41Cl2NO5/c1-3-4-5-6-7-8-9-10-11-14-24-42-33(40)27-17-15-18-29(25-27)38-34(41)35(37,43-30-22-20-28(36)21-23-30)32(39)31-19-13-12-16-26(31)2/h12-13,15-23,25H,3-11,14,24H2,1-2H3,(H,38,41). The molecule has 0 spiro atoms. The van der Waals surface area contributed by atoms with Crippen LogP contribution in [0, 0.1) is 6.92 Å². The van der Waals surface area contributed by atoms with Crippen molar-refractivity contribution in [2.45, 2.75) is 83.1 Å². The fourth-order valence-electron chi connectivity index (χ4n) is 4.63. The Balaban J connectivity index is 1.60. The van der Waals surface area contributed by atoms with E-state index in [9.17, 15) is 14.4 Å². The number of hydrogen-bond donors (Lipinski definition) is 1. The minimum Gasteiger partial charge on any atom is -0.462 e. The second kappa shape index (κ2) is 17.7. The molecule has 0 aliphatic rings. The number of Topliss-reactive ketones (excluding diaryl/α,β-unsaturated/α-hetero) is 1. The van der Waals surface area contributed by atoms with Crippen molar-refractivity contribution in [1.82, 2.24) is 0 Å². The van der Waals surface area contributed by atoms with Gasteiger partial charge in [-0.25, -0.2) is 4.79 Å². The van der Waals surface area contributed by atoms with Gasteiger partial charge in [0.2, 0.25) is 5.78 Å². The summed E-state index contributed by atoms with van der Waals surface area (Å²) < 4.78 is 11.3. The van der Waals surface area contributed by atoms with Gasteiger partial charge in [0.1, 0.15) is 5.75 Å². The first-order valence-electron chi connectivity index (χ1n) is 15.1. The number of aryl methyl sites for hydroxylation is 1. The number of ether oxygens (including phenoxy) is 2. The Kier molecular flexibility index (Phi) is 14.0. The van der Waals surface area contributed by atoms with E-state index in [1.54, 1.807) is 61.5 Å². The molecule has 3 aromatic rings. The molecule has 1 N–H and O–H groups in total. The molecule has 230 valence electrons. The Labute approximate surface area is 265 Å². The second-order valence-electron chi connectivity index (χ2n) is 10.6. The van der Waals surface area contributed by atoms with Crippen LogP contribution in [0.15, 0.2) is 72.8 Å². The van der Waals surface area contributed by atoms with Gasteiger partial charge in [0.25, 0.3) is 5.91 Å². The lowest BCUT2D eigenvalue weighted by Gasteiger charge is -2.26. The summed E-state index contributed by atoms with van der Waals surface area (Å²) in [6.45, 7) is 4.30. The number of nitrogens with one attached hydrogen (secondary N) is 1. The van der Waals surface area contributed by atoms with Gasteiger partial charge in [-0.1, -0.05) is 118 Å². The van der Waals surface area contributed by atoms with Crippen molar-refractivity contribution in [3.05, 3.63) is 94.5 Å². The summed E-state index contributed by atoms with van der Waals surface area (Å²) in [5.41, 5.74) is 1.41. The lowest BCUT2D eigenvalue weighted by molar-refractivity contribution is -0.123. The summed E-state index contributed by atoms with van der Waals surface area (Å²) in [6, 6.07) is 19.3. The van der Waals surface area contributed by atoms with E-state index in [0.717, 1.165) is 19.3 Å². The summed E-state index contributed by atoms with van der Waals surface area (Å²) in [7, 11) is 0. The quantitative estimate of drug-likeness (QED) is 0.0500. The number of alkyl halides is 1. The fraction of sp³-hybridized carbons (Fsp3) is 0.400. The van der Waals surface area contributed by atoms with Gasteiger partial charge in [-0.3, -0.25) is 9.59 Å². The van der Waals surface area contributed by atoms with E-state index in [4.69, 9.17) is 32.7 Å². The zero-order valence-electron chi connectivity index (χ0n) is 25.0. The van der Waals surface area contributed by atoms with Gasteiger partial charge in [-0.15, -0.1) is 0 Å². The van der Waals surface area contributed by atoms with E-state index in [0.29, 0.717) is 17.2 Å². The number of esters is 1. The molecule has 0 saturated heterocycles. The van der Waals surface area contributed by atoms with Crippen LogP contribution < -0.4 is 10.1 Å². The summed E-state index contributed by atoms with van der Waals surface area (Å²) in [5, 5.41) is 0.660. The number of anilines is 1. The molecule has 3 aromatic carbocycles. The molecular weight excluding hydrogens is 585 g/mol. The number of benzene rings is 3. The van der Waals surface area contributed by atoms with Crippen LogP contribution in [0.5, 0.6) is 5.75 Å². The molecular formula is C35H41Cl2NO5. The minimum absolute atomic E-state index is 0.181. The predicted octanol–water partition coefficient (Wildman–Crippen LogP) is 9.56. The van der Waals surface area contributed by atoms with Crippen molar-refractivity contribution >= 4 is 46.5 Å². The maximum absolute atomic E-state index is 13.6. The van der Waals surface area contributed by atoms with Crippen LogP contribution in [-0.4, -0.2) is 29.3 Å². The molecule has 0 aromatic heterocycles. The monoisotopic (exact) mass is 625 g/mol. The van der Waals surface area contributed by atoms with E-state index >= 15 is 0 Å². The molecule has 1 amide bonds. The highest BCUT2D eigenvalue weighted by Crippen LogP contribution is 2.30. The maximum atomic E-state index is 13.6. The van der Waals surface area contributed by atoms with E-state index < -0.39 is 22.7 Å². The molecule has 0 aliphatic carbocycles. The van der Waals surface area contributed by atoms with Crippen molar-refractivity contribution in [3.63, 3.8) is 0 Å². The zero-order chi connectivity index (χ0) is 31.1. The molecule has 0 radical (unpaired) electrons.